The molecule has 1 aromatic carbocycles. The molecule has 5 heteroatoms. The van der Waals surface area contributed by atoms with Gasteiger partial charge in [0.2, 0.25) is 5.91 Å². The average molecular weight is 293 g/mol. The van der Waals surface area contributed by atoms with Crippen LogP contribution in [0.3, 0.4) is 0 Å². The lowest BCUT2D eigenvalue weighted by Crippen LogP contribution is -2.44. The van der Waals surface area contributed by atoms with E-state index >= 15 is 0 Å². The van der Waals surface area contributed by atoms with Crippen LogP contribution in [0, 0.1) is 5.82 Å². The van der Waals surface area contributed by atoms with Crippen molar-refractivity contribution in [3.05, 3.63) is 35.6 Å². The van der Waals surface area contributed by atoms with Crippen molar-refractivity contribution in [1.82, 2.24) is 15.5 Å². The first-order chi connectivity index (χ1) is 10.2. The van der Waals surface area contributed by atoms with E-state index in [1.165, 1.54) is 12.1 Å². The molecule has 2 N–H and O–H groups in total. The Balaban J connectivity index is 1.69. The van der Waals surface area contributed by atoms with Gasteiger partial charge in [-0.15, -0.1) is 0 Å². The fourth-order valence-electron chi connectivity index (χ4n) is 2.53. The zero-order valence-corrected chi connectivity index (χ0v) is 12.6. The van der Waals surface area contributed by atoms with Crippen molar-refractivity contribution < 1.29 is 9.18 Å². The molecule has 0 radical (unpaired) electrons. The van der Waals surface area contributed by atoms with E-state index in [2.05, 4.69) is 15.5 Å². The van der Waals surface area contributed by atoms with Crippen molar-refractivity contribution in [3.8, 4) is 0 Å². The van der Waals surface area contributed by atoms with E-state index < -0.39 is 0 Å². The Hall–Kier alpha value is -1.46. The molecule has 4 nitrogen and oxygen atoms in total. The highest BCUT2D eigenvalue weighted by molar-refractivity contribution is 5.83. The highest BCUT2D eigenvalue weighted by Gasteiger charge is 2.15. The van der Waals surface area contributed by atoms with Gasteiger partial charge in [-0.3, -0.25) is 4.79 Å². The Bertz CT molecular complexity index is 461. The standard InChI is InChI=1S/C16H24FN3O/c1-13(14-4-2-5-15(17)12-14)16(21)19-6-3-9-20-10-7-18-8-11-20/h2,4-5,12-13,18H,3,6-11H2,1H3,(H,19,21). The van der Waals surface area contributed by atoms with Gasteiger partial charge in [0.1, 0.15) is 5.82 Å². The highest BCUT2D eigenvalue weighted by Crippen LogP contribution is 2.16. The van der Waals surface area contributed by atoms with Crippen LogP contribution in [0.2, 0.25) is 0 Å². The van der Waals surface area contributed by atoms with E-state index in [-0.39, 0.29) is 17.6 Å². The second-order valence-electron chi connectivity index (χ2n) is 5.51. The Morgan fingerprint density at radius 1 is 1.43 bits per heavy atom. The van der Waals surface area contributed by atoms with Crippen LogP contribution in [0.4, 0.5) is 4.39 Å². The van der Waals surface area contributed by atoms with Crippen molar-refractivity contribution in [2.45, 2.75) is 19.3 Å². The lowest BCUT2D eigenvalue weighted by atomic mass is 10.0. The van der Waals surface area contributed by atoms with Crippen LogP contribution in [0.15, 0.2) is 24.3 Å². The fourth-order valence-corrected chi connectivity index (χ4v) is 2.53. The molecule has 1 saturated heterocycles. The van der Waals surface area contributed by atoms with Crippen LogP contribution >= 0.6 is 0 Å². The topological polar surface area (TPSA) is 44.4 Å². The summed E-state index contributed by atoms with van der Waals surface area (Å²) in [6, 6.07) is 6.24. The van der Waals surface area contributed by atoms with Gasteiger partial charge in [0, 0.05) is 32.7 Å². The normalized spacial score (nSPS) is 17.4. The minimum absolute atomic E-state index is 0.0408. The summed E-state index contributed by atoms with van der Waals surface area (Å²) >= 11 is 0. The predicted octanol–water partition coefficient (Wildman–Crippen LogP) is 1.34. The highest BCUT2D eigenvalue weighted by atomic mass is 19.1. The van der Waals surface area contributed by atoms with Gasteiger partial charge in [0.25, 0.3) is 0 Å². The summed E-state index contributed by atoms with van der Waals surface area (Å²) in [5.74, 6) is -0.661. The van der Waals surface area contributed by atoms with E-state index in [1.54, 1.807) is 19.1 Å². The van der Waals surface area contributed by atoms with Crippen LogP contribution in [0.25, 0.3) is 0 Å². The van der Waals surface area contributed by atoms with E-state index in [0.29, 0.717) is 6.54 Å². The molecule has 1 fully saturated rings. The number of benzene rings is 1. The van der Waals surface area contributed by atoms with Gasteiger partial charge in [-0.1, -0.05) is 12.1 Å². The molecule has 1 aliphatic rings. The Morgan fingerprint density at radius 2 is 2.19 bits per heavy atom. The average Bonchev–Trinajstić information content (AvgIpc) is 2.51. The molecule has 1 aromatic rings. The molecule has 0 saturated carbocycles. The SMILES string of the molecule is CC(C(=O)NCCCN1CCNCC1)c1cccc(F)c1. The van der Waals surface area contributed by atoms with Crippen molar-refractivity contribution in [1.29, 1.82) is 0 Å². The summed E-state index contributed by atoms with van der Waals surface area (Å²) in [6.07, 6.45) is 0.946. The van der Waals surface area contributed by atoms with Gasteiger partial charge >= 0.3 is 0 Å². The van der Waals surface area contributed by atoms with Gasteiger partial charge < -0.3 is 15.5 Å². The van der Waals surface area contributed by atoms with Gasteiger partial charge in [-0.05, 0) is 37.6 Å². The van der Waals surface area contributed by atoms with E-state index in [1.807, 2.05) is 0 Å². The summed E-state index contributed by atoms with van der Waals surface area (Å²) in [7, 11) is 0. The van der Waals surface area contributed by atoms with Crippen molar-refractivity contribution in [3.63, 3.8) is 0 Å². The van der Waals surface area contributed by atoms with Gasteiger partial charge in [0.15, 0.2) is 0 Å². The molecule has 21 heavy (non-hydrogen) atoms. The fraction of sp³-hybridized carbons (Fsp3) is 0.562. The van der Waals surface area contributed by atoms with Gasteiger partial charge in [0.05, 0.1) is 5.92 Å². The third-order valence-electron chi connectivity index (χ3n) is 3.90. The summed E-state index contributed by atoms with van der Waals surface area (Å²) in [5.41, 5.74) is 0.717. The second-order valence-corrected chi connectivity index (χ2v) is 5.51. The maximum atomic E-state index is 13.2. The first kappa shape index (κ1) is 15.9. The maximum Gasteiger partial charge on any atom is 0.227 e. The molecular weight excluding hydrogens is 269 g/mol. The first-order valence-electron chi connectivity index (χ1n) is 7.63. The first-order valence-corrected chi connectivity index (χ1v) is 7.63. The Labute approximate surface area is 125 Å². The summed E-state index contributed by atoms with van der Waals surface area (Å²) in [4.78, 5) is 14.5. The molecule has 1 unspecified atom stereocenters. The molecule has 0 bridgehead atoms. The van der Waals surface area contributed by atoms with E-state index in [0.717, 1.165) is 44.7 Å². The molecule has 1 heterocycles. The molecule has 1 aliphatic heterocycles. The number of rotatable bonds is 6. The number of amides is 1. The Morgan fingerprint density at radius 3 is 2.90 bits per heavy atom. The summed E-state index contributed by atoms with van der Waals surface area (Å²) in [6.45, 7) is 7.73. The third-order valence-corrected chi connectivity index (χ3v) is 3.90. The van der Waals surface area contributed by atoms with Crippen molar-refractivity contribution in [2.75, 3.05) is 39.3 Å². The van der Waals surface area contributed by atoms with Crippen LogP contribution in [0.5, 0.6) is 0 Å². The van der Waals surface area contributed by atoms with Crippen molar-refractivity contribution >= 4 is 5.91 Å². The molecule has 1 atom stereocenters. The minimum Gasteiger partial charge on any atom is -0.356 e. The number of nitrogens with zero attached hydrogens (tertiary/aromatic N) is 1. The molecule has 1 amide bonds. The largest absolute Gasteiger partial charge is 0.356 e. The number of hydrogen-bond acceptors (Lipinski definition) is 3. The molecule has 0 spiro atoms. The number of halogens is 1. The smallest absolute Gasteiger partial charge is 0.227 e. The number of carbonyl (C=O) groups excluding carboxylic acids is 1. The van der Waals surface area contributed by atoms with Crippen molar-refractivity contribution in [2.24, 2.45) is 0 Å². The zero-order chi connectivity index (χ0) is 15.1. The van der Waals surface area contributed by atoms with Crippen LogP contribution in [-0.4, -0.2) is 50.1 Å². The maximum absolute atomic E-state index is 13.2. The second kappa shape index (κ2) is 8.10. The molecule has 2 rings (SSSR count). The van der Waals surface area contributed by atoms with Gasteiger partial charge in [-0.2, -0.15) is 0 Å². The van der Waals surface area contributed by atoms with Crippen LogP contribution < -0.4 is 10.6 Å². The third kappa shape index (κ3) is 5.10. The minimum atomic E-state index is -0.320. The molecule has 0 aromatic heterocycles. The summed E-state index contributed by atoms with van der Waals surface area (Å²) in [5, 5.41) is 6.26. The molecule has 0 aliphatic carbocycles. The summed E-state index contributed by atoms with van der Waals surface area (Å²) < 4.78 is 13.2. The lowest BCUT2D eigenvalue weighted by molar-refractivity contribution is -0.122. The number of piperazine rings is 1. The van der Waals surface area contributed by atoms with Crippen LogP contribution in [-0.2, 0) is 4.79 Å². The van der Waals surface area contributed by atoms with E-state index in [4.69, 9.17) is 0 Å². The number of carbonyl (C=O) groups is 1. The predicted molar refractivity (Wildman–Crippen MR) is 81.8 cm³/mol. The monoisotopic (exact) mass is 293 g/mol. The van der Waals surface area contributed by atoms with E-state index in [9.17, 15) is 9.18 Å². The number of nitrogens with one attached hydrogen (secondary N) is 2. The van der Waals surface area contributed by atoms with Gasteiger partial charge in [-0.25, -0.2) is 4.39 Å². The lowest BCUT2D eigenvalue weighted by Gasteiger charge is -2.27. The molecule has 116 valence electrons. The quantitative estimate of drug-likeness (QED) is 0.778. The molecular formula is C16H24FN3O. The zero-order valence-electron chi connectivity index (χ0n) is 12.6. The Kier molecular flexibility index (Phi) is 6.14. The van der Waals surface area contributed by atoms with Crippen LogP contribution in [0.1, 0.15) is 24.8 Å². The number of hydrogen-bond donors (Lipinski definition) is 2.